The number of amides is 1. The minimum absolute atomic E-state index is 0.203. The predicted molar refractivity (Wildman–Crippen MR) is 129 cm³/mol. The van der Waals surface area contributed by atoms with Crippen LogP contribution < -0.4 is 5.32 Å². The molecule has 0 atom stereocenters. The third-order valence-electron chi connectivity index (χ3n) is 6.38. The van der Waals surface area contributed by atoms with Crippen molar-refractivity contribution in [3.05, 3.63) is 35.0 Å². The molecule has 2 aromatic rings. The second kappa shape index (κ2) is 13.2. The van der Waals surface area contributed by atoms with Crippen LogP contribution in [0.1, 0.15) is 54.7 Å². The van der Waals surface area contributed by atoms with Crippen molar-refractivity contribution in [1.29, 1.82) is 0 Å². The number of piperidine rings is 1. The summed E-state index contributed by atoms with van der Waals surface area (Å²) in [4.78, 5) is 32.8. The highest BCUT2D eigenvalue weighted by Crippen LogP contribution is 2.30. The Bertz CT molecular complexity index is 1140. The van der Waals surface area contributed by atoms with E-state index in [9.17, 15) is 31.1 Å². The molecule has 0 spiro atoms. The van der Waals surface area contributed by atoms with Gasteiger partial charge in [0, 0.05) is 61.3 Å². The van der Waals surface area contributed by atoms with E-state index >= 15 is 0 Å². The summed E-state index contributed by atoms with van der Waals surface area (Å²) in [7, 11) is 0. The third-order valence-corrected chi connectivity index (χ3v) is 6.38. The molecule has 4 rings (SSSR count). The molecule has 3 heterocycles. The molecule has 1 amide bonds. The average molecular weight is 568 g/mol. The predicted octanol–water partition coefficient (Wildman–Crippen LogP) is 4.84. The highest BCUT2D eigenvalue weighted by molar-refractivity contribution is 5.99. The van der Waals surface area contributed by atoms with Crippen LogP contribution in [0.2, 0.25) is 0 Å². The zero-order valence-electron chi connectivity index (χ0n) is 21.5. The van der Waals surface area contributed by atoms with Gasteiger partial charge in [-0.3, -0.25) is 4.79 Å². The number of alkyl halides is 6. The molecule has 218 valence electrons. The number of halogens is 6. The lowest BCUT2D eigenvalue weighted by atomic mass is 9.98. The summed E-state index contributed by atoms with van der Waals surface area (Å²) in [6.45, 7) is 9.33. The van der Waals surface area contributed by atoms with Crippen molar-refractivity contribution < 1.29 is 50.9 Å². The monoisotopic (exact) mass is 567 g/mol. The van der Waals surface area contributed by atoms with Crippen LogP contribution in [0.5, 0.6) is 0 Å². The second-order valence-corrected chi connectivity index (χ2v) is 9.32. The molecule has 1 fully saturated rings. The summed E-state index contributed by atoms with van der Waals surface area (Å²) >= 11 is 0. The zero-order chi connectivity index (χ0) is 29.5. The second-order valence-electron chi connectivity index (χ2n) is 9.32. The number of hydrogen-bond acceptors (Lipinski definition) is 4. The lowest BCUT2D eigenvalue weighted by molar-refractivity contribution is -0.193. The van der Waals surface area contributed by atoms with E-state index in [2.05, 4.69) is 35.9 Å². The molecule has 14 heteroatoms. The van der Waals surface area contributed by atoms with Gasteiger partial charge < -0.3 is 25.0 Å². The van der Waals surface area contributed by atoms with Gasteiger partial charge >= 0.3 is 24.3 Å². The number of aromatic nitrogens is 1. The van der Waals surface area contributed by atoms with Crippen LogP contribution in [0.4, 0.5) is 26.3 Å². The number of aliphatic carboxylic acids is 2. The first kappa shape index (κ1) is 31.9. The molecule has 2 aliphatic rings. The van der Waals surface area contributed by atoms with Gasteiger partial charge in [-0.25, -0.2) is 9.59 Å². The highest BCUT2D eigenvalue weighted by atomic mass is 19.4. The number of carbonyl (C=O) groups excluding carboxylic acids is 1. The molecule has 3 N–H and O–H groups in total. The number of nitrogens with zero attached hydrogens (tertiary/aromatic N) is 2. The van der Waals surface area contributed by atoms with Gasteiger partial charge in [0.2, 0.25) is 0 Å². The number of rotatable bonds is 3. The first-order valence-corrected chi connectivity index (χ1v) is 12.3. The van der Waals surface area contributed by atoms with Gasteiger partial charge in [0.1, 0.15) is 0 Å². The molecule has 0 radical (unpaired) electrons. The molecular weight excluding hydrogens is 536 g/mol. The summed E-state index contributed by atoms with van der Waals surface area (Å²) in [5.74, 6) is -4.57. The summed E-state index contributed by atoms with van der Waals surface area (Å²) < 4.78 is 65.9. The van der Waals surface area contributed by atoms with Crippen molar-refractivity contribution in [2.45, 2.75) is 65.0 Å². The standard InChI is InChI=1S/C21H29N3O.2C2HF3O2/c1-3-10-24-19-5-4-16(21(25)23-11-7-15(2)8-12-23)13-17(19)18-14-22-9-6-20(18)24;2*3-2(4,5)1(6)7/h4-5,13,15,22H,3,6-12,14H2,1-2H3;2*(H,6,7). The van der Waals surface area contributed by atoms with Gasteiger partial charge in [0.05, 0.1) is 0 Å². The van der Waals surface area contributed by atoms with E-state index in [4.69, 9.17) is 19.8 Å². The molecule has 8 nitrogen and oxygen atoms in total. The van der Waals surface area contributed by atoms with Crippen molar-refractivity contribution in [1.82, 2.24) is 14.8 Å². The topological polar surface area (TPSA) is 112 Å². The number of likely N-dealkylation sites (tertiary alicyclic amines) is 1. The highest BCUT2D eigenvalue weighted by Gasteiger charge is 2.38. The van der Waals surface area contributed by atoms with Crippen LogP contribution in [0, 0.1) is 5.92 Å². The number of aryl methyl sites for hydroxylation is 1. The molecule has 0 bridgehead atoms. The summed E-state index contributed by atoms with van der Waals surface area (Å²) in [5, 5.41) is 19.0. The van der Waals surface area contributed by atoms with Crippen molar-refractivity contribution in [2.24, 2.45) is 5.92 Å². The number of carboxylic acid groups (broad SMARTS) is 2. The number of nitrogens with one attached hydrogen (secondary N) is 1. The summed E-state index contributed by atoms with van der Waals surface area (Å²) in [6.07, 6.45) is -5.70. The quantitative estimate of drug-likeness (QED) is 0.458. The van der Waals surface area contributed by atoms with E-state index in [1.165, 1.54) is 22.2 Å². The number of carboxylic acids is 2. The van der Waals surface area contributed by atoms with Crippen molar-refractivity contribution in [2.75, 3.05) is 19.6 Å². The Hall–Kier alpha value is -3.29. The van der Waals surface area contributed by atoms with Gasteiger partial charge in [0.25, 0.3) is 5.91 Å². The van der Waals surface area contributed by atoms with E-state index < -0.39 is 24.3 Å². The maximum Gasteiger partial charge on any atom is 0.490 e. The van der Waals surface area contributed by atoms with E-state index in [-0.39, 0.29) is 5.91 Å². The van der Waals surface area contributed by atoms with Gasteiger partial charge in [-0.15, -0.1) is 0 Å². The molecular formula is C25H31F6N3O5. The SMILES string of the molecule is CCCn1c2c(c3cc(C(=O)N4CCC(C)CC4)ccc31)CNCC2.O=C(O)C(F)(F)F.O=C(O)C(F)(F)F. The Morgan fingerprint density at radius 1 is 1.00 bits per heavy atom. The number of hydrogen-bond donors (Lipinski definition) is 3. The first-order chi connectivity index (χ1) is 18.1. The van der Waals surface area contributed by atoms with Crippen LogP contribution >= 0.6 is 0 Å². The van der Waals surface area contributed by atoms with E-state index in [0.717, 1.165) is 69.9 Å². The number of benzene rings is 1. The largest absolute Gasteiger partial charge is 0.490 e. The molecule has 1 saturated heterocycles. The minimum Gasteiger partial charge on any atom is -0.475 e. The van der Waals surface area contributed by atoms with Crippen LogP contribution in [0.15, 0.2) is 18.2 Å². The van der Waals surface area contributed by atoms with Gasteiger partial charge in [-0.2, -0.15) is 26.3 Å². The lowest BCUT2D eigenvalue weighted by Gasteiger charge is -2.30. The van der Waals surface area contributed by atoms with Crippen LogP contribution in [0.25, 0.3) is 10.9 Å². The van der Waals surface area contributed by atoms with Crippen LogP contribution in [0.3, 0.4) is 0 Å². The fraction of sp³-hybridized carbons (Fsp3) is 0.560. The molecule has 2 aliphatic heterocycles. The molecule has 0 saturated carbocycles. The Morgan fingerprint density at radius 3 is 2.03 bits per heavy atom. The van der Waals surface area contributed by atoms with Gasteiger partial charge in [0.15, 0.2) is 0 Å². The average Bonchev–Trinajstić information content (AvgIpc) is 3.17. The van der Waals surface area contributed by atoms with Gasteiger partial charge in [-0.1, -0.05) is 13.8 Å². The molecule has 39 heavy (non-hydrogen) atoms. The van der Waals surface area contributed by atoms with Crippen LogP contribution in [-0.2, 0) is 29.1 Å². The third kappa shape index (κ3) is 8.60. The maximum absolute atomic E-state index is 13.0. The zero-order valence-corrected chi connectivity index (χ0v) is 21.5. The Labute approximate surface area is 220 Å². The van der Waals surface area contributed by atoms with E-state index in [1.807, 2.05) is 11.0 Å². The Morgan fingerprint density at radius 2 is 1.54 bits per heavy atom. The Kier molecular flexibility index (Phi) is 10.8. The molecule has 1 aromatic heterocycles. The summed E-state index contributed by atoms with van der Waals surface area (Å²) in [5.41, 5.74) is 5.01. The number of carbonyl (C=O) groups is 3. The summed E-state index contributed by atoms with van der Waals surface area (Å²) in [6, 6.07) is 6.35. The fourth-order valence-corrected chi connectivity index (χ4v) is 4.39. The number of fused-ring (bicyclic) bond motifs is 3. The Balaban J connectivity index is 0.000000317. The van der Waals surface area contributed by atoms with Crippen molar-refractivity contribution in [3.63, 3.8) is 0 Å². The van der Waals surface area contributed by atoms with E-state index in [0.29, 0.717) is 0 Å². The minimum atomic E-state index is -5.08. The normalized spacial score (nSPS) is 15.9. The molecule has 0 unspecified atom stereocenters. The van der Waals surface area contributed by atoms with Crippen molar-refractivity contribution in [3.8, 4) is 0 Å². The smallest absolute Gasteiger partial charge is 0.475 e. The maximum atomic E-state index is 13.0. The molecule has 1 aromatic carbocycles. The van der Waals surface area contributed by atoms with Gasteiger partial charge in [-0.05, 0) is 48.9 Å². The molecule has 0 aliphatic carbocycles. The van der Waals surface area contributed by atoms with Crippen LogP contribution in [-0.4, -0.2) is 69.5 Å². The lowest BCUT2D eigenvalue weighted by Crippen LogP contribution is -2.37. The van der Waals surface area contributed by atoms with E-state index in [1.54, 1.807) is 0 Å². The fourth-order valence-electron chi connectivity index (χ4n) is 4.39. The van der Waals surface area contributed by atoms with Crippen molar-refractivity contribution >= 4 is 28.7 Å². The first-order valence-electron chi connectivity index (χ1n) is 12.3.